The number of benzene rings is 2. The van der Waals surface area contributed by atoms with Crippen molar-refractivity contribution in [1.82, 2.24) is 5.01 Å². The van der Waals surface area contributed by atoms with Crippen LogP contribution in [-0.2, 0) is 4.79 Å². The maximum Gasteiger partial charge on any atom is 0.251 e. The molecule has 2 aromatic rings. The average Bonchev–Trinajstić information content (AvgIpc) is 2.89. The first-order valence-corrected chi connectivity index (χ1v) is 11.5. The quantitative estimate of drug-likeness (QED) is 0.0748. The van der Waals surface area contributed by atoms with E-state index in [2.05, 4.69) is 5.32 Å². The number of amides is 1. The molecule has 0 fully saturated rings. The molecule has 1 amide bonds. The van der Waals surface area contributed by atoms with Crippen molar-refractivity contribution in [1.29, 1.82) is 5.41 Å². The molecule has 0 radical (unpaired) electrons. The van der Waals surface area contributed by atoms with Crippen molar-refractivity contribution in [2.24, 2.45) is 11.5 Å². The van der Waals surface area contributed by atoms with Gasteiger partial charge < -0.3 is 31.0 Å². The predicted octanol–water partition coefficient (Wildman–Crippen LogP) is 2.43. The molecule has 0 saturated heterocycles. The first-order chi connectivity index (χ1) is 18.0. The van der Waals surface area contributed by atoms with Crippen molar-refractivity contribution < 1.29 is 28.8 Å². The lowest BCUT2D eigenvalue weighted by Gasteiger charge is -2.16. The van der Waals surface area contributed by atoms with Crippen molar-refractivity contribution in [2.75, 3.05) is 33.2 Å². The van der Waals surface area contributed by atoms with E-state index in [1.807, 2.05) is 0 Å². The third-order valence-corrected chi connectivity index (χ3v) is 5.57. The van der Waals surface area contributed by atoms with Crippen LogP contribution in [0.15, 0.2) is 42.0 Å². The van der Waals surface area contributed by atoms with Gasteiger partial charge in [-0.2, -0.15) is 0 Å². The van der Waals surface area contributed by atoms with Gasteiger partial charge in [0.15, 0.2) is 10.8 Å². The Labute approximate surface area is 220 Å². The molecule has 2 aromatic carbocycles. The van der Waals surface area contributed by atoms with E-state index in [1.54, 1.807) is 49.4 Å². The molecule has 1 unspecified atom stereocenters. The molecule has 0 saturated carbocycles. The molecule has 204 valence electrons. The minimum absolute atomic E-state index is 0.112. The molecule has 0 spiro atoms. The van der Waals surface area contributed by atoms with E-state index in [0.717, 1.165) is 0 Å². The van der Waals surface area contributed by atoms with Gasteiger partial charge >= 0.3 is 0 Å². The highest BCUT2D eigenvalue weighted by Gasteiger charge is 2.21. The van der Waals surface area contributed by atoms with Crippen molar-refractivity contribution in [3.63, 3.8) is 0 Å². The van der Waals surface area contributed by atoms with Gasteiger partial charge in [0.1, 0.15) is 17.2 Å². The second kappa shape index (κ2) is 13.6. The molecule has 13 nitrogen and oxygen atoms in total. The second-order valence-corrected chi connectivity index (χ2v) is 8.17. The first-order valence-electron chi connectivity index (χ1n) is 11.5. The van der Waals surface area contributed by atoms with Gasteiger partial charge in [0.2, 0.25) is 5.91 Å². The van der Waals surface area contributed by atoms with Crippen LogP contribution in [0.3, 0.4) is 0 Å². The number of nitro groups is 1. The minimum Gasteiger partial charge on any atom is -0.497 e. The minimum atomic E-state index is -0.983. The summed E-state index contributed by atoms with van der Waals surface area (Å²) in [6, 6.07) is 8.95. The SMILES string of the molecule is COc1ccc(OC)c(C(=O)C(C)=Cc2ccc(OC)c(NC(=O)C(N)CCCN(C(=N)N)[N+](=O)[O-])c2)c1. The molecular formula is C25H32N6O7. The lowest BCUT2D eigenvalue weighted by molar-refractivity contribution is -0.629. The second-order valence-electron chi connectivity index (χ2n) is 8.17. The third kappa shape index (κ3) is 7.67. The van der Waals surface area contributed by atoms with E-state index < -0.39 is 22.9 Å². The van der Waals surface area contributed by atoms with Crippen LogP contribution in [0, 0.1) is 15.5 Å². The molecule has 0 heterocycles. The number of ether oxygens (including phenoxy) is 3. The number of hydrazine groups is 1. The van der Waals surface area contributed by atoms with Crippen molar-refractivity contribution in [3.8, 4) is 17.2 Å². The zero-order chi connectivity index (χ0) is 28.4. The first kappa shape index (κ1) is 29.6. The average molecular weight is 529 g/mol. The van der Waals surface area contributed by atoms with E-state index >= 15 is 0 Å². The summed E-state index contributed by atoms with van der Waals surface area (Å²) in [5, 5.41) is 20.5. The monoisotopic (exact) mass is 528 g/mol. The van der Waals surface area contributed by atoms with E-state index in [1.165, 1.54) is 21.3 Å². The fraction of sp³-hybridized carbons (Fsp3) is 0.320. The van der Waals surface area contributed by atoms with Crippen LogP contribution in [0.2, 0.25) is 0 Å². The van der Waals surface area contributed by atoms with E-state index in [0.29, 0.717) is 44.6 Å². The van der Waals surface area contributed by atoms with Gasteiger partial charge in [-0.1, -0.05) is 11.1 Å². The number of methoxy groups -OCH3 is 3. The number of guanidine groups is 1. The normalized spacial score (nSPS) is 11.8. The van der Waals surface area contributed by atoms with E-state index in [-0.39, 0.29) is 25.2 Å². The molecule has 1 atom stereocenters. The summed E-state index contributed by atoms with van der Waals surface area (Å²) in [4.78, 5) is 36.7. The van der Waals surface area contributed by atoms with Crippen LogP contribution in [0.1, 0.15) is 35.7 Å². The van der Waals surface area contributed by atoms with Crippen LogP contribution in [-0.4, -0.2) is 61.6 Å². The number of hydrogen-bond acceptors (Lipinski definition) is 9. The Hall–Kier alpha value is -4.65. The lowest BCUT2D eigenvalue weighted by atomic mass is 10.0. The molecule has 0 aliphatic heterocycles. The smallest absolute Gasteiger partial charge is 0.251 e. The van der Waals surface area contributed by atoms with Gasteiger partial charge in [-0.15, -0.1) is 0 Å². The number of hydrogen-bond donors (Lipinski definition) is 4. The van der Waals surface area contributed by atoms with Gasteiger partial charge in [0.25, 0.3) is 5.96 Å². The predicted molar refractivity (Wildman–Crippen MR) is 142 cm³/mol. The fourth-order valence-electron chi connectivity index (χ4n) is 3.54. The molecule has 0 bridgehead atoms. The fourth-order valence-corrected chi connectivity index (χ4v) is 3.54. The molecule has 0 aliphatic carbocycles. The highest BCUT2D eigenvalue weighted by atomic mass is 16.7. The number of rotatable bonds is 13. The summed E-state index contributed by atoms with van der Waals surface area (Å²) in [6.45, 7) is 1.49. The van der Waals surface area contributed by atoms with E-state index in [9.17, 15) is 19.7 Å². The molecule has 13 heteroatoms. The zero-order valence-corrected chi connectivity index (χ0v) is 21.6. The highest BCUT2D eigenvalue weighted by molar-refractivity contribution is 6.12. The highest BCUT2D eigenvalue weighted by Crippen LogP contribution is 2.29. The maximum atomic E-state index is 13.1. The van der Waals surface area contributed by atoms with Crippen LogP contribution in [0.4, 0.5) is 5.69 Å². The number of nitrogens with one attached hydrogen (secondary N) is 2. The topological polar surface area (TPSA) is 196 Å². The molecule has 38 heavy (non-hydrogen) atoms. The Morgan fingerprint density at radius 1 is 1.13 bits per heavy atom. The summed E-state index contributed by atoms with van der Waals surface area (Å²) in [7, 11) is 4.42. The molecule has 0 aromatic heterocycles. The largest absolute Gasteiger partial charge is 0.497 e. The van der Waals surface area contributed by atoms with Crippen LogP contribution in [0.5, 0.6) is 17.2 Å². The summed E-state index contributed by atoms with van der Waals surface area (Å²) < 4.78 is 15.9. The van der Waals surface area contributed by atoms with Crippen molar-refractivity contribution in [2.45, 2.75) is 25.8 Å². The summed E-state index contributed by atoms with van der Waals surface area (Å²) >= 11 is 0. The Balaban J connectivity index is 2.18. The van der Waals surface area contributed by atoms with Gasteiger partial charge in [-0.25, -0.2) is 10.1 Å². The third-order valence-electron chi connectivity index (χ3n) is 5.57. The van der Waals surface area contributed by atoms with Gasteiger partial charge in [0.05, 0.1) is 45.2 Å². The lowest BCUT2D eigenvalue weighted by Crippen LogP contribution is -2.42. The number of nitrogens with two attached hydrogens (primary N) is 2. The van der Waals surface area contributed by atoms with Crippen molar-refractivity contribution in [3.05, 3.63) is 63.2 Å². The zero-order valence-electron chi connectivity index (χ0n) is 21.6. The summed E-state index contributed by atoms with van der Waals surface area (Å²) in [6.07, 6.45) is 1.93. The van der Waals surface area contributed by atoms with E-state index in [4.69, 9.17) is 31.1 Å². The Morgan fingerprint density at radius 2 is 1.79 bits per heavy atom. The van der Waals surface area contributed by atoms with Gasteiger partial charge in [-0.3, -0.25) is 15.0 Å². The van der Waals surface area contributed by atoms with Crippen LogP contribution >= 0.6 is 0 Å². The molecule has 6 N–H and O–H groups in total. The Bertz CT molecular complexity index is 1220. The number of carbonyl (C=O) groups is 2. The van der Waals surface area contributed by atoms with Gasteiger partial charge in [0, 0.05) is 0 Å². The molecule has 2 rings (SSSR count). The Morgan fingerprint density at radius 3 is 2.37 bits per heavy atom. The summed E-state index contributed by atoms with van der Waals surface area (Å²) in [5.41, 5.74) is 12.8. The summed E-state index contributed by atoms with van der Waals surface area (Å²) in [5.74, 6) is -0.212. The van der Waals surface area contributed by atoms with Crippen molar-refractivity contribution >= 4 is 29.4 Å². The van der Waals surface area contributed by atoms with Crippen LogP contribution < -0.4 is 31.0 Å². The molecular weight excluding hydrogens is 496 g/mol. The Kier molecular flexibility index (Phi) is 10.6. The molecule has 0 aliphatic rings. The number of ketones is 1. The number of allylic oxidation sites excluding steroid dienone is 1. The number of carbonyl (C=O) groups excluding carboxylic acids is 2. The van der Waals surface area contributed by atoms with Gasteiger partial charge in [-0.05, 0) is 67.3 Å². The van der Waals surface area contributed by atoms with Crippen LogP contribution in [0.25, 0.3) is 6.08 Å². The number of anilines is 1. The number of nitrogens with zero attached hydrogens (tertiary/aromatic N) is 2. The standard InChI is InChI=1S/C25H32N6O7/c1-15(23(32)18-14-17(36-2)8-10-21(18)37-3)12-16-7-9-22(38-4)20(13-16)29-24(33)19(26)6-5-11-30(25(27)28)31(34)35/h7-10,12-14,19H,5-6,11,26H2,1-4H3,(H3,27,28)(H,29,33). The maximum absolute atomic E-state index is 13.1. The number of Topliss-reactive ketones (excluding diaryl/α,β-unsaturated/α-hetero) is 1.